The van der Waals surface area contributed by atoms with Crippen molar-refractivity contribution in [2.75, 3.05) is 21.1 Å². The maximum atomic E-state index is 4.14. The number of aromatic nitrogens is 3. The second-order valence-electron chi connectivity index (χ2n) is 3.80. The molecule has 1 heterocycles. The minimum absolute atomic E-state index is 0.258. The molecule has 0 aliphatic carbocycles. The van der Waals surface area contributed by atoms with E-state index in [1.807, 2.05) is 34.4 Å². The van der Waals surface area contributed by atoms with Gasteiger partial charge in [-0.3, -0.25) is 9.58 Å². The number of hydrogen-bond donors (Lipinski definition) is 1. The lowest BCUT2D eigenvalue weighted by Crippen LogP contribution is -2.37. The molecule has 0 aliphatic heterocycles. The number of likely N-dealkylation sites (N-methyl/N-ethyl adjacent to an activating group) is 2. The molecule has 5 nitrogen and oxygen atoms in total. The van der Waals surface area contributed by atoms with Crippen LogP contribution in [0.1, 0.15) is 18.7 Å². The van der Waals surface area contributed by atoms with Crippen molar-refractivity contribution >= 4 is 0 Å². The van der Waals surface area contributed by atoms with E-state index < -0.39 is 0 Å². The predicted octanol–water partition coefficient (Wildman–Crippen LogP) is 0.0257. The summed E-state index contributed by atoms with van der Waals surface area (Å²) in [6.07, 6.45) is 1.96. The number of rotatable bonds is 4. The van der Waals surface area contributed by atoms with Gasteiger partial charge in [0.05, 0.1) is 6.04 Å². The fraction of sp³-hybridized carbons (Fsp3) is 0.778. The number of nitrogens with zero attached hydrogens (tertiary/aromatic N) is 4. The Bertz CT molecular complexity index is 280. The number of nitrogens with one attached hydrogen (secondary N) is 1. The zero-order valence-electron chi connectivity index (χ0n) is 9.52. The molecule has 0 saturated heterocycles. The molecule has 14 heavy (non-hydrogen) atoms. The number of aryl methyl sites for hydroxylation is 1. The van der Waals surface area contributed by atoms with Crippen molar-refractivity contribution in [2.45, 2.75) is 19.0 Å². The van der Waals surface area contributed by atoms with E-state index in [2.05, 4.69) is 27.5 Å². The van der Waals surface area contributed by atoms with Gasteiger partial charge >= 0.3 is 0 Å². The molecule has 0 radical (unpaired) electrons. The van der Waals surface area contributed by atoms with Crippen molar-refractivity contribution in [3.8, 4) is 0 Å². The normalized spacial score (nSPS) is 15.9. The Balaban J connectivity index is 2.88. The van der Waals surface area contributed by atoms with Crippen molar-refractivity contribution in [1.82, 2.24) is 25.2 Å². The Morgan fingerprint density at radius 2 is 2.14 bits per heavy atom. The van der Waals surface area contributed by atoms with E-state index in [1.165, 1.54) is 0 Å². The van der Waals surface area contributed by atoms with Crippen molar-refractivity contribution in [3.05, 3.63) is 11.9 Å². The van der Waals surface area contributed by atoms with Crippen LogP contribution < -0.4 is 5.32 Å². The standard InChI is InChI=1S/C9H19N5/c1-7(10-2)9(13(3)4)8-6-14(5)12-11-8/h6-7,9-10H,1-5H3. The van der Waals surface area contributed by atoms with Crippen LogP contribution in [0.3, 0.4) is 0 Å². The minimum atomic E-state index is 0.258. The first-order valence-electron chi connectivity index (χ1n) is 4.76. The Hall–Kier alpha value is -0.940. The van der Waals surface area contributed by atoms with Crippen molar-refractivity contribution < 1.29 is 0 Å². The molecule has 2 atom stereocenters. The molecule has 5 heteroatoms. The van der Waals surface area contributed by atoms with Crippen LogP contribution in [0.25, 0.3) is 0 Å². The Morgan fingerprint density at radius 3 is 2.50 bits per heavy atom. The molecule has 1 rings (SSSR count). The van der Waals surface area contributed by atoms with Crippen LogP contribution in [-0.2, 0) is 7.05 Å². The second kappa shape index (κ2) is 4.52. The van der Waals surface area contributed by atoms with E-state index in [4.69, 9.17) is 0 Å². The van der Waals surface area contributed by atoms with Gasteiger partial charge in [-0.2, -0.15) is 0 Å². The summed E-state index contributed by atoms with van der Waals surface area (Å²) in [4.78, 5) is 2.14. The molecule has 0 saturated carbocycles. The SMILES string of the molecule is CNC(C)C(c1cn(C)nn1)N(C)C. The second-order valence-corrected chi connectivity index (χ2v) is 3.80. The molecular formula is C9H19N5. The van der Waals surface area contributed by atoms with E-state index in [1.54, 1.807) is 4.68 Å². The summed E-state index contributed by atoms with van der Waals surface area (Å²) in [6.45, 7) is 2.14. The highest BCUT2D eigenvalue weighted by Crippen LogP contribution is 2.18. The largest absolute Gasteiger partial charge is 0.315 e. The van der Waals surface area contributed by atoms with Crippen LogP contribution in [0.4, 0.5) is 0 Å². The highest BCUT2D eigenvalue weighted by atomic mass is 15.4. The lowest BCUT2D eigenvalue weighted by Gasteiger charge is -2.27. The fourth-order valence-corrected chi connectivity index (χ4v) is 1.63. The summed E-state index contributed by atoms with van der Waals surface area (Å²) in [6, 6.07) is 0.607. The van der Waals surface area contributed by atoms with Gasteiger partial charge in [0.1, 0.15) is 5.69 Å². The van der Waals surface area contributed by atoms with Gasteiger partial charge in [-0.1, -0.05) is 5.21 Å². The van der Waals surface area contributed by atoms with E-state index in [-0.39, 0.29) is 6.04 Å². The van der Waals surface area contributed by atoms with E-state index >= 15 is 0 Å². The zero-order valence-corrected chi connectivity index (χ0v) is 9.52. The quantitative estimate of drug-likeness (QED) is 0.739. The smallest absolute Gasteiger partial charge is 0.101 e. The van der Waals surface area contributed by atoms with Crippen LogP contribution in [-0.4, -0.2) is 47.1 Å². The van der Waals surface area contributed by atoms with Gasteiger partial charge < -0.3 is 5.32 Å². The van der Waals surface area contributed by atoms with Gasteiger partial charge in [-0.25, -0.2) is 0 Å². The molecule has 0 spiro atoms. The minimum Gasteiger partial charge on any atom is -0.315 e. The van der Waals surface area contributed by atoms with Crippen LogP contribution in [0, 0.1) is 0 Å². The molecule has 0 bridgehead atoms. The molecule has 0 amide bonds. The first kappa shape index (κ1) is 11.1. The third-order valence-corrected chi connectivity index (χ3v) is 2.41. The molecule has 2 unspecified atom stereocenters. The average Bonchev–Trinajstić information content (AvgIpc) is 2.51. The van der Waals surface area contributed by atoms with Crippen LogP contribution in [0.5, 0.6) is 0 Å². The summed E-state index contributed by atoms with van der Waals surface area (Å²) in [5.41, 5.74) is 0.999. The number of hydrogen-bond acceptors (Lipinski definition) is 4. The summed E-state index contributed by atoms with van der Waals surface area (Å²) in [5, 5.41) is 11.3. The summed E-state index contributed by atoms with van der Waals surface area (Å²) in [7, 11) is 7.94. The third kappa shape index (κ3) is 2.30. The summed E-state index contributed by atoms with van der Waals surface area (Å²) < 4.78 is 1.73. The molecule has 0 fully saturated rings. The summed E-state index contributed by atoms with van der Waals surface area (Å²) in [5.74, 6) is 0. The molecule has 0 aromatic carbocycles. The molecular weight excluding hydrogens is 178 g/mol. The predicted molar refractivity (Wildman–Crippen MR) is 56.0 cm³/mol. The Labute approximate surface area is 85.1 Å². The monoisotopic (exact) mass is 197 g/mol. The van der Waals surface area contributed by atoms with Crippen LogP contribution >= 0.6 is 0 Å². The van der Waals surface area contributed by atoms with Gasteiger partial charge in [0, 0.05) is 19.3 Å². The van der Waals surface area contributed by atoms with Crippen molar-refractivity contribution in [1.29, 1.82) is 0 Å². The van der Waals surface area contributed by atoms with Crippen molar-refractivity contribution in [3.63, 3.8) is 0 Å². The van der Waals surface area contributed by atoms with Crippen LogP contribution in [0.15, 0.2) is 6.20 Å². The van der Waals surface area contributed by atoms with Crippen molar-refractivity contribution in [2.24, 2.45) is 7.05 Å². The van der Waals surface area contributed by atoms with E-state index in [9.17, 15) is 0 Å². The Morgan fingerprint density at radius 1 is 1.50 bits per heavy atom. The molecule has 0 aliphatic rings. The van der Waals surface area contributed by atoms with Gasteiger partial charge in [0.25, 0.3) is 0 Å². The maximum Gasteiger partial charge on any atom is 0.101 e. The molecule has 1 N–H and O–H groups in total. The Kier molecular flexibility index (Phi) is 3.60. The lowest BCUT2D eigenvalue weighted by molar-refractivity contribution is 0.242. The topological polar surface area (TPSA) is 46.0 Å². The zero-order chi connectivity index (χ0) is 10.7. The molecule has 1 aromatic heterocycles. The first-order valence-corrected chi connectivity index (χ1v) is 4.76. The highest BCUT2D eigenvalue weighted by molar-refractivity contribution is 5.04. The maximum absolute atomic E-state index is 4.14. The van der Waals surface area contributed by atoms with Gasteiger partial charge in [-0.15, -0.1) is 5.10 Å². The first-order chi connectivity index (χ1) is 6.56. The summed E-state index contributed by atoms with van der Waals surface area (Å²) >= 11 is 0. The highest BCUT2D eigenvalue weighted by Gasteiger charge is 2.22. The van der Waals surface area contributed by atoms with E-state index in [0.29, 0.717) is 6.04 Å². The van der Waals surface area contributed by atoms with E-state index in [0.717, 1.165) is 5.69 Å². The van der Waals surface area contributed by atoms with Gasteiger partial charge in [0.15, 0.2) is 0 Å². The third-order valence-electron chi connectivity index (χ3n) is 2.41. The average molecular weight is 197 g/mol. The molecule has 80 valence electrons. The fourth-order valence-electron chi connectivity index (χ4n) is 1.63. The lowest BCUT2D eigenvalue weighted by atomic mass is 10.1. The van der Waals surface area contributed by atoms with Gasteiger partial charge in [0.2, 0.25) is 0 Å². The molecule has 1 aromatic rings. The van der Waals surface area contributed by atoms with Crippen LogP contribution in [0.2, 0.25) is 0 Å². The van der Waals surface area contributed by atoms with Gasteiger partial charge in [-0.05, 0) is 28.1 Å².